The van der Waals surface area contributed by atoms with Gasteiger partial charge in [-0.25, -0.2) is 20.0 Å². The first-order valence-electron chi connectivity index (χ1n) is 6.09. The van der Waals surface area contributed by atoms with E-state index >= 15 is 0 Å². The molecule has 0 N–H and O–H groups in total. The zero-order valence-corrected chi connectivity index (χ0v) is 14.2. The number of aryl methyl sites for hydroxylation is 1. The van der Waals surface area contributed by atoms with Crippen molar-refractivity contribution in [1.29, 1.82) is 0 Å². The predicted octanol–water partition coefficient (Wildman–Crippen LogP) is 3.17. The Bertz CT molecular complexity index is 577. The fraction of sp³-hybridized carbons (Fsp3) is 0.538. The van der Waals surface area contributed by atoms with Crippen LogP contribution in [-0.2, 0) is 11.5 Å². The van der Waals surface area contributed by atoms with Crippen LogP contribution in [-0.4, -0.2) is 45.7 Å². The van der Waals surface area contributed by atoms with Gasteiger partial charge in [0.2, 0.25) is 0 Å². The SMILES string of the molecule is Cc1nc2cc(Br)cnc2n1COCCS(C)(C)C. The predicted molar refractivity (Wildman–Crippen MR) is 86.1 cm³/mol. The Morgan fingerprint density at radius 2 is 2.11 bits per heavy atom. The van der Waals surface area contributed by atoms with Crippen LogP contribution >= 0.6 is 26.0 Å². The molecule has 0 fully saturated rings. The molecule has 0 spiro atoms. The summed E-state index contributed by atoms with van der Waals surface area (Å²) >= 11 is 3.41. The van der Waals surface area contributed by atoms with E-state index < -0.39 is 10.0 Å². The summed E-state index contributed by atoms with van der Waals surface area (Å²) in [6, 6.07) is 1.98. The van der Waals surface area contributed by atoms with Crippen molar-refractivity contribution in [2.45, 2.75) is 13.7 Å². The Labute approximate surface area is 124 Å². The molecule has 2 rings (SSSR count). The number of rotatable bonds is 5. The van der Waals surface area contributed by atoms with Crippen molar-refractivity contribution < 1.29 is 4.74 Å². The smallest absolute Gasteiger partial charge is 0.161 e. The van der Waals surface area contributed by atoms with Crippen molar-refractivity contribution in [3.05, 3.63) is 22.6 Å². The number of pyridine rings is 1. The van der Waals surface area contributed by atoms with Crippen molar-refractivity contribution in [2.75, 3.05) is 31.1 Å². The van der Waals surface area contributed by atoms with Crippen LogP contribution in [0.25, 0.3) is 11.2 Å². The fourth-order valence-corrected chi connectivity index (χ4v) is 2.66. The summed E-state index contributed by atoms with van der Waals surface area (Å²) in [6.45, 7) is 3.29. The quantitative estimate of drug-likeness (QED) is 0.781. The zero-order chi connectivity index (χ0) is 14.0. The molecule has 4 nitrogen and oxygen atoms in total. The molecule has 0 unspecified atom stereocenters. The minimum Gasteiger partial charge on any atom is -0.360 e. The zero-order valence-electron chi connectivity index (χ0n) is 11.8. The van der Waals surface area contributed by atoms with E-state index in [4.69, 9.17) is 4.74 Å². The first-order chi connectivity index (χ1) is 8.87. The summed E-state index contributed by atoms with van der Waals surface area (Å²) in [5.74, 6) is 2.06. The third-order valence-electron chi connectivity index (χ3n) is 2.80. The van der Waals surface area contributed by atoms with Gasteiger partial charge in [0.1, 0.15) is 18.1 Å². The van der Waals surface area contributed by atoms with Crippen LogP contribution < -0.4 is 0 Å². The number of ether oxygens (including phenoxy) is 1. The number of fused-ring (bicyclic) bond motifs is 1. The van der Waals surface area contributed by atoms with Crippen molar-refractivity contribution in [3.8, 4) is 0 Å². The van der Waals surface area contributed by atoms with Crippen molar-refractivity contribution in [1.82, 2.24) is 14.5 Å². The van der Waals surface area contributed by atoms with Gasteiger partial charge < -0.3 is 4.74 Å². The second kappa shape index (κ2) is 5.81. The molecule has 106 valence electrons. The van der Waals surface area contributed by atoms with Crippen molar-refractivity contribution in [3.63, 3.8) is 0 Å². The summed E-state index contributed by atoms with van der Waals surface area (Å²) in [4.78, 5) is 8.90. The lowest BCUT2D eigenvalue weighted by molar-refractivity contribution is 0.0906. The third kappa shape index (κ3) is 3.94. The average Bonchev–Trinajstić information content (AvgIpc) is 2.58. The van der Waals surface area contributed by atoms with E-state index in [1.807, 2.05) is 17.6 Å². The first kappa shape index (κ1) is 14.8. The Balaban J connectivity index is 2.06. The normalized spacial score (nSPS) is 13.1. The second-order valence-electron chi connectivity index (χ2n) is 5.42. The summed E-state index contributed by atoms with van der Waals surface area (Å²) in [6.07, 6.45) is 8.69. The maximum absolute atomic E-state index is 5.77. The first-order valence-corrected chi connectivity index (χ1v) is 9.91. The lowest BCUT2D eigenvalue weighted by Gasteiger charge is -2.24. The number of hydrogen-bond acceptors (Lipinski definition) is 3. The highest BCUT2D eigenvalue weighted by molar-refractivity contribution is 9.10. The van der Waals surface area contributed by atoms with E-state index in [-0.39, 0.29) is 0 Å². The van der Waals surface area contributed by atoms with Crippen LogP contribution in [0.3, 0.4) is 0 Å². The molecule has 0 radical (unpaired) electrons. The largest absolute Gasteiger partial charge is 0.360 e. The molecule has 2 heterocycles. The minimum atomic E-state index is -0.495. The van der Waals surface area contributed by atoms with E-state index in [2.05, 4.69) is 44.7 Å². The number of hydrogen-bond donors (Lipinski definition) is 0. The molecule has 0 bridgehead atoms. The van der Waals surface area contributed by atoms with E-state index in [0.717, 1.165) is 33.8 Å². The summed E-state index contributed by atoms with van der Waals surface area (Å²) in [5, 5.41) is 0. The molecule has 2 aromatic rings. The fourth-order valence-electron chi connectivity index (χ4n) is 1.72. The summed E-state index contributed by atoms with van der Waals surface area (Å²) in [5.41, 5.74) is 1.78. The van der Waals surface area contributed by atoms with E-state index in [9.17, 15) is 0 Å². The van der Waals surface area contributed by atoms with E-state index in [1.54, 1.807) is 6.20 Å². The molecule has 19 heavy (non-hydrogen) atoms. The molecular formula is C13H20BrN3OS. The third-order valence-corrected chi connectivity index (χ3v) is 4.63. The lowest BCUT2D eigenvalue weighted by Crippen LogP contribution is -2.11. The standard InChI is InChI=1S/C13H20BrN3OS/c1-10-16-12-7-11(14)8-15-13(12)17(10)9-18-5-6-19(2,3)4/h7-8H,5-6,9H2,1-4H3. The van der Waals surface area contributed by atoms with Gasteiger partial charge in [-0.05, 0) is 47.7 Å². The van der Waals surface area contributed by atoms with Crippen LogP contribution in [0.1, 0.15) is 5.82 Å². The maximum Gasteiger partial charge on any atom is 0.161 e. The molecular weight excluding hydrogens is 326 g/mol. The summed E-state index contributed by atoms with van der Waals surface area (Å²) < 4.78 is 8.73. The molecule has 2 aromatic heterocycles. The Hall–Kier alpha value is -0.590. The van der Waals surface area contributed by atoms with Gasteiger partial charge in [-0.3, -0.25) is 4.57 Å². The van der Waals surface area contributed by atoms with Crippen LogP contribution in [0.5, 0.6) is 0 Å². The molecule has 0 aromatic carbocycles. The molecule has 0 aliphatic carbocycles. The molecule has 0 aliphatic heterocycles. The second-order valence-corrected chi connectivity index (χ2v) is 10.9. The average molecular weight is 346 g/mol. The highest BCUT2D eigenvalue weighted by Gasteiger charge is 2.09. The highest BCUT2D eigenvalue weighted by Crippen LogP contribution is 2.33. The van der Waals surface area contributed by atoms with Crippen LogP contribution in [0, 0.1) is 6.92 Å². The molecule has 0 atom stereocenters. The van der Waals surface area contributed by atoms with Gasteiger partial charge in [-0.2, -0.15) is 0 Å². The van der Waals surface area contributed by atoms with Crippen LogP contribution in [0.4, 0.5) is 0 Å². The molecule has 0 saturated heterocycles. The topological polar surface area (TPSA) is 39.9 Å². The van der Waals surface area contributed by atoms with Gasteiger partial charge in [0.15, 0.2) is 5.65 Å². The molecule has 0 saturated carbocycles. The number of aromatic nitrogens is 3. The minimum absolute atomic E-state index is 0.495. The Morgan fingerprint density at radius 1 is 1.37 bits per heavy atom. The Kier molecular flexibility index (Phi) is 4.53. The van der Waals surface area contributed by atoms with Crippen LogP contribution in [0.15, 0.2) is 16.7 Å². The lowest BCUT2D eigenvalue weighted by atomic mass is 10.4. The van der Waals surface area contributed by atoms with Gasteiger partial charge in [0.05, 0.1) is 6.61 Å². The number of halogens is 1. The van der Waals surface area contributed by atoms with Gasteiger partial charge in [-0.15, -0.1) is 0 Å². The summed E-state index contributed by atoms with van der Waals surface area (Å²) in [7, 11) is -0.495. The molecule has 6 heteroatoms. The van der Waals surface area contributed by atoms with Crippen LogP contribution in [0.2, 0.25) is 0 Å². The van der Waals surface area contributed by atoms with Crippen molar-refractivity contribution >= 4 is 37.1 Å². The Morgan fingerprint density at radius 3 is 2.79 bits per heavy atom. The van der Waals surface area contributed by atoms with Gasteiger partial charge in [0.25, 0.3) is 0 Å². The number of nitrogens with zero attached hydrogens (tertiary/aromatic N) is 3. The maximum atomic E-state index is 5.77. The van der Waals surface area contributed by atoms with Gasteiger partial charge in [-0.1, -0.05) is 0 Å². The van der Waals surface area contributed by atoms with Gasteiger partial charge in [0, 0.05) is 16.4 Å². The molecule has 0 aliphatic rings. The van der Waals surface area contributed by atoms with E-state index in [1.165, 1.54) is 0 Å². The van der Waals surface area contributed by atoms with Crippen molar-refractivity contribution in [2.24, 2.45) is 0 Å². The van der Waals surface area contributed by atoms with E-state index in [0.29, 0.717) is 6.73 Å². The monoisotopic (exact) mass is 345 g/mol. The highest BCUT2D eigenvalue weighted by atomic mass is 79.9. The number of imidazole rings is 1. The van der Waals surface area contributed by atoms with Gasteiger partial charge >= 0.3 is 0 Å². The molecule has 0 amide bonds.